The summed E-state index contributed by atoms with van der Waals surface area (Å²) in [4.78, 5) is 27.0. The van der Waals surface area contributed by atoms with E-state index in [1.54, 1.807) is 0 Å². The topological polar surface area (TPSA) is 57.5 Å². The van der Waals surface area contributed by atoms with Crippen molar-refractivity contribution in [2.75, 3.05) is 0 Å². The minimum absolute atomic E-state index is 0.0980. The van der Waals surface area contributed by atoms with Gasteiger partial charge in [0.05, 0.1) is 11.0 Å². The van der Waals surface area contributed by atoms with Gasteiger partial charge in [0, 0.05) is 17.2 Å². The fourth-order valence-corrected chi connectivity index (χ4v) is 4.87. The van der Waals surface area contributed by atoms with Crippen LogP contribution in [0, 0.1) is 0 Å². The van der Waals surface area contributed by atoms with Crippen molar-refractivity contribution in [1.29, 1.82) is 0 Å². The number of benzene rings is 5. The highest BCUT2D eigenvalue weighted by atomic mass is 16.6. The van der Waals surface area contributed by atoms with E-state index in [1.807, 2.05) is 121 Å². The molecule has 0 unspecified atom stereocenters. The predicted molar refractivity (Wildman–Crippen MR) is 149 cm³/mol. The fourth-order valence-electron chi connectivity index (χ4n) is 4.87. The second kappa shape index (κ2) is 10.2. The van der Waals surface area contributed by atoms with Crippen molar-refractivity contribution in [2.45, 2.75) is 19.1 Å². The first-order valence-electron chi connectivity index (χ1n) is 12.5. The van der Waals surface area contributed by atoms with E-state index in [0.29, 0.717) is 0 Å². The maximum atomic E-state index is 13.7. The van der Waals surface area contributed by atoms with Crippen molar-refractivity contribution in [3.05, 3.63) is 132 Å². The molecule has 0 bridgehead atoms. The van der Waals surface area contributed by atoms with Crippen LogP contribution in [0.15, 0.2) is 121 Å². The Kier molecular flexibility index (Phi) is 6.32. The Morgan fingerprint density at radius 1 is 0.632 bits per heavy atom. The summed E-state index contributed by atoms with van der Waals surface area (Å²) in [6.45, 7) is 0.0980. The molecule has 5 aromatic carbocycles. The van der Waals surface area contributed by atoms with E-state index in [1.165, 1.54) is 4.57 Å². The van der Waals surface area contributed by atoms with Gasteiger partial charge in [-0.25, -0.2) is 14.2 Å². The molecule has 0 saturated heterocycles. The van der Waals surface area contributed by atoms with Gasteiger partial charge in [0.15, 0.2) is 0 Å². The third-order valence-electron chi connectivity index (χ3n) is 6.73. The van der Waals surface area contributed by atoms with Gasteiger partial charge >= 0.3 is 12.1 Å². The lowest BCUT2D eigenvalue weighted by Crippen LogP contribution is -2.33. The molecule has 5 heteroatoms. The first kappa shape index (κ1) is 23.5. The summed E-state index contributed by atoms with van der Waals surface area (Å²) in [5, 5.41) is 4.03. The Hall–Kier alpha value is -4.90. The molecule has 1 heterocycles. The zero-order chi connectivity index (χ0) is 25.9. The van der Waals surface area contributed by atoms with Crippen LogP contribution in [0.3, 0.4) is 0 Å². The summed E-state index contributed by atoms with van der Waals surface area (Å²) in [6, 6.07) is 38.8. The van der Waals surface area contributed by atoms with Crippen LogP contribution in [0.1, 0.15) is 11.1 Å². The van der Waals surface area contributed by atoms with Crippen LogP contribution < -0.4 is 0 Å². The second-order valence-electron chi connectivity index (χ2n) is 9.22. The average molecular weight is 500 g/mol. The first-order chi connectivity index (χ1) is 18.7. The maximum Gasteiger partial charge on any atom is 0.419 e. The summed E-state index contributed by atoms with van der Waals surface area (Å²) in [5.74, 6) is -0.587. The molecule has 1 aromatic heterocycles. The minimum atomic E-state index is -1.12. The van der Waals surface area contributed by atoms with E-state index in [-0.39, 0.29) is 13.0 Å². The summed E-state index contributed by atoms with van der Waals surface area (Å²) >= 11 is 0. The van der Waals surface area contributed by atoms with E-state index >= 15 is 0 Å². The van der Waals surface area contributed by atoms with Gasteiger partial charge in [-0.15, -0.1) is 0 Å². The number of hydrogen-bond acceptors (Lipinski definition) is 4. The van der Waals surface area contributed by atoms with Gasteiger partial charge in [-0.3, -0.25) is 0 Å². The summed E-state index contributed by atoms with van der Waals surface area (Å²) < 4.78 is 13.1. The van der Waals surface area contributed by atoms with Gasteiger partial charge in [0.1, 0.15) is 6.61 Å². The van der Waals surface area contributed by atoms with Gasteiger partial charge in [-0.2, -0.15) is 0 Å². The summed E-state index contributed by atoms with van der Waals surface area (Å²) in [5.41, 5.74) is 3.18. The van der Waals surface area contributed by atoms with Crippen LogP contribution in [0.5, 0.6) is 0 Å². The zero-order valence-corrected chi connectivity index (χ0v) is 20.6. The van der Waals surface area contributed by atoms with Crippen LogP contribution in [-0.2, 0) is 27.3 Å². The minimum Gasteiger partial charge on any atom is -0.458 e. The molecule has 0 amide bonds. The van der Waals surface area contributed by atoms with Crippen LogP contribution in [0.4, 0.5) is 4.79 Å². The molecule has 0 aliphatic rings. The van der Waals surface area contributed by atoms with Crippen molar-refractivity contribution < 1.29 is 19.1 Å². The van der Waals surface area contributed by atoms with Crippen molar-refractivity contribution in [2.24, 2.45) is 0 Å². The molecule has 0 radical (unpaired) electrons. The predicted octanol–water partition coefficient (Wildman–Crippen LogP) is 7.29. The molecule has 0 spiro atoms. The highest BCUT2D eigenvalue weighted by Gasteiger charge is 2.28. The van der Waals surface area contributed by atoms with Crippen molar-refractivity contribution >= 4 is 44.6 Å². The van der Waals surface area contributed by atoms with Crippen molar-refractivity contribution in [3.8, 4) is 0 Å². The molecule has 0 fully saturated rings. The lowest BCUT2D eigenvalue weighted by Gasteiger charge is -2.18. The summed E-state index contributed by atoms with van der Waals surface area (Å²) in [7, 11) is 0. The second-order valence-corrected chi connectivity index (χ2v) is 9.22. The Balaban J connectivity index is 1.33. The van der Waals surface area contributed by atoms with Crippen LogP contribution in [-0.4, -0.2) is 22.7 Å². The van der Waals surface area contributed by atoms with Gasteiger partial charge in [-0.1, -0.05) is 109 Å². The van der Waals surface area contributed by atoms with Crippen LogP contribution >= 0.6 is 0 Å². The zero-order valence-electron chi connectivity index (χ0n) is 20.6. The number of para-hydroxylation sites is 2. The van der Waals surface area contributed by atoms with Crippen LogP contribution in [0.25, 0.3) is 32.6 Å². The standard InChI is InChI=1S/C33H25NO4/c35-32(37-22-23-10-2-1-3-11-23)31(21-24-18-19-25-12-4-5-13-26(25)20-24)38-33(36)34-29-16-8-6-14-27(29)28-15-7-9-17-30(28)34/h1-20,31H,21-22H2/t31-/m1/s1. The monoisotopic (exact) mass is 499 g/mol. The molecule has 1 atom stereocenters. The molecule has 6 rings (SSSR count). The molecule has 0 saturated carbocycles. The van der Waals surface area contributed by atoms with Gasteiger partial charge < -0.3 is 9.47 Å². The number of ether oxygens (including phenoxy) is 2. The average Bonchev–Trinajstić information content (AvgIpc) is 3.30. The maximum absolute atomic E-state index is 13.7. The number of aromatic nitrogens is 1. The Bertz CT molecular complexity index is 1720. The highest BCUT2D eigenvalue weighted by Crippen LogP contribution is 2.29. The smallest absolute Gasteiger partial charge is 0.419 e. The largest absolute Gasteiger partial charge is 0.458 e. The molecule has 0 aliphatic heterocycles. The van der Waals surface area contributed by atoms with Gasteiger partial charge in [0.2, 0.25) is 6.10 Å². The van der Waals surface area contributed by atoms with E-state index in [9.17, 15) is 9.59 Å². The molecule has 0 N–H and O–H groups in total. The van der Waals surface area contributed by atoms with Crippen molar-refractivity contribution in [3.63, 3.8) is 0 Å². The molecule has 38 heavy (non-hydrogen) atoms. The Morgan fingerprint density at radius 2 is 1.24 bits per heavy atom. The number of hydrogen-bond donors (Lipinski definition) is 0. The quantitative estimate of drug-likeness (QED) is 0.226. The number of rotatable bonds is 6. The third kappa shape index (κ3) is 4.62. The first-order valence-corrected chi connectivity index (χ1v) is 12.5. The fraction of sp³-hybridized carbons (Fsp3) is 0.0909. The van der Waals surface area contributed by atoms with Gasteiger partial charge in [-0.05, 0) is 34.0 Å². The SMILES string of the molecule is O=C(OCc1ccccc1)[C@@H](Cc1ccc2ccccc2c1)OC(=O)n1c2ccccc2c2ccccc21. The van der Waals surface area contributed by atoms with Crippen molar-refractivity contribution in [1.82, 2.24) is 4.57 Å². The molecular formula is C33H25NO4. The number of carbonyl (C=O) groups is 2. The lowest BCUT2D eigenvalue weighted by molar-refractivity contribution is -0.154. The Morgan fingerprint density at radius 3 is 1.95 bits per heavy atom. The molecular weight excluding hydrogens is 474 g/mol. The third-order valence-corrected chi connectivity index (χ3v) is 6.73. The molecule has 5 nitrogen and oxygen atoms in total. The number of carbonyl (C=O) groups excluding carboxylic acids is 2. The number of esters is 1. The van der Waals surface area contributed by atoms with Gasteiger partial charge in [0.25, 0.3) is 0 Å². The van der Waals surface area contributed by atoms with E-state index in [0.717, 1.165) is 43.7 Å². The number of fused-ring (bicyclic) bond motifs is 4. The summed E-state index contributed by atoms with van der Waals surface area (Å²) in [6.07, 6.45) is -1.54. The van der Waals surface area contributed by atoms with E-state index in [4.69, 9.17) is 9.47 Å². The van der Waals surface area contributed by atoms with Crippen LogP contribution in [0.2, 0.25) is 0 Å². The Labute approximate surface area is 219 Å². The molecule has 0 aliphatic carbocycles. The molecule has 6 aromatic rings. The molecule has 186 valence electrons. The lowest BCUT2D eigenvalue weighted by atomic mass is 10.0. The van der Waals surface area contributed by atoms with E-state index < -0.39 is 18.2 Å². The van der Waals surface area contributed by atoms with E-state index in [2.05, 4.69) is 0 Å². The normalized spacial score (nSPS) is 12.0. The number of nitrogens with zero attached hydrogens (tertiary/aromatic N) is 1. The highest BCUT2D eigenvalue weighted by molar-refractivity contribution is 6.12.